The van der Waals surface area contributed by atoms with Gasteiger partial charge in [0.2, 0.25) is 0 Å². The number of nitrogens with two attached hydrogens (primary N) is 3. The first-order valence-corrected chi connectivity index (χ1v) is 3.25. The number of nitrogens with zero attached hydrogens (tertiary/aromatic N) is 6. The molecule has 0 aliphatic heterocycles. The molecule has 10 heteroatoms. The SMILES string of the molecule is C=N.CC.CN.[N-]=[N+]=NN.[N-]=[N+]=NN. The second kappa shape index (κ2) is 308. The summed E-state index contributed by atoms with van der Waals surface area (Å²) in [6, 6.07) is 0. The molecule has 0 unspecified atom stereocenters. The molecule has 0 radical (unpaired) electrons. The Kier molecular flexibility index (Phi) is 653. The minimum absolute atomic E-state index is 1.50. The normalized spacial score (nSPS) is 3.43. The van der Waals surface area contributed by atoms with E-state index >= 15 is 0 Å². The molecule has 0 aliphatic carbocycles. The third-order valence-electron chi connectivity index (χ3n) is 0.103. The molecular weight excluding hydrogens is 188 g/mol. The highest BCUT2D eigenvalue weighted by atomic mass is 15.3. The lowest BCUT2D eigenvalue weighted by molar-refractivity contribution is 1.21. The highest BCUT2D eigenvalue weighted by molar-refractivity contribution is 5.15. The van der Waals surface area contributed by atoms with E-state index in [1.54, 1.807) is 0 Å². The van der Waals surface area contributed by atoms with E-state index in [4.69, 9.17) is 16.5 Å². The predicted octanol–water partition coefficient (Wildman–Crippen LogP) is 1.21. The number of hydrogen-bond acceptors (Lipinski definition) is 4. The number of hydrogen-bond donors (Lipinski definition) is 4. The summed E-state index contributed by atoms with van der Waals surface area (Å²) in [4.78, 5) is 4.28. The van der Waals surface area contributed by atoms with Crippen LogP contribution in [-0.2, 0) is 0 Å². The molecule has 14 heavy (non-hydrogen) atoms. The molecule has 0 spiro atoms. The van der Waals surface area contributed by atoms with Gasteiger partial charge in [-0.15, -0.1) is 11.1 Å². The van der Waals surface area contributed by atoms with Crippen molar-refractivity contribution in [3.05, 3.63) is 20.9 Å². The third kappa shape index (κ3) is 34300. The van der Waals surface area contributed by atoms with Gasteiger partial charge in [0.05, 0.1) is 0 Å². The van der Waals surface area contributed by atoms with E-state index in [1.165, 1.54) is 7.05 Å². The van der Waals surface area contributed by atoms with E-state index in [0.29, 0.717) is 0 Å². The van der Waals surface area contributed by atoms with Crippen molar-refractivity contribution >= 4 is 6.72 Å². The molecule has 0 bridgehead atoms. The molecule has 0 aromatic carbocycles. The fourth-order valence-electron chi connectivity index (χ4n) is 0. The van der Waals surface area contributed by atoms with Crippen molar-refractivity contribution < 1.29 is 0 Å². The molecule has 0 aromatic rings. The Morgan fingerprint density at radius 1 is 1.00 bits per heavy atom. The average molecular weight is 206 g/mol. The molecule has 0 aliphatic rings. The van der Waals surface area contributed by atoms with Gasteiger partial charge in [0.15, 0.2) is 0 Å². The van der Waals surface area contributed by atoms with Crippen molar-refractivity contribution in [2.24, 2.45) is 27.9 Å². The molecule has 0 saturated heterocycles. The Hall–Kier alpha value is -2.15. The first kappa shape index (κ1) is 29.7. The van der Waals surface area contributed by atoms with Gasteiger partial charge in [-0.05, 0) is 24.2 Å². The van der Waals surface area contributed by atoms with Crippen molar-refractivity contribution in [2.75, 3.05) is 7.05 Å². The van der Waals surface area contributed by atoms with E-state index in [2.05, 4.69) is 44.4 Å². The lowest BCUT2D eigenvalue weighted by atomic mass is 11.0. The van der Waals surface area contributed by atoms with Crippen LogP contribution in [-0.4, -0.2) is 13.8 Å². The lowest BCUT2D eigenvalue weighted by Gasteiger charge is -1.44. The smallest absolute Gasteiger partial charge is 0.0187 e. The Bertz CT molecular complexity index is 115. The standard InChI is InChI=1S/C2H6.CH5N.CH3N.2H2N4/c3*1-2;2*1-3-4-2/h1-2H3;2H2,1H3;2H,1H2;2*1H2. The fraction of sp³-hybridized carbons (Fsp3) is 0.750. The van der Waals surface area contributed by atoms with Gasteiger partial charge < -0.3 is 11.1 Å². The Labute approximate surface area is 82.8 Å². The number of azide groups is 2. The zero-order valence-electron chi connectivity index (χ0n) is 8.62. The molecule has 7 N–H and O–H groups in total. The van der Waals surface area contributed by atoms with Gasteiger partial charge in [-0.1, -0.05) is 13.8 Å². The summed E-state index contributed by atoms with van der Waals surface area (Å²) in [7, 11) is 1.50. The van der Waals surface area contributed by atoms with Crippen LogP contribution in [0.4, 0.5) is 0 Å². The first-order chi connectivity index (χ1) is 6.83. The molecule has 0 heterocycles. The Balaban J connectivity index is -0.0000000255. The van der Waals surface area contributed by atoms with Crippen LogP contribution < -0.4 is 17.4 Å². The fourth-order valence-corrected chi connectivity index (χ4v) is 0. The van der Waals surface area contributed by atoms with Crippen LogP contribution in [0.2, 0.25) is 0 Å². The van der Waals surface area contributed by atoms with Crippen molar-refractivity contribution in [1.82, 2.24) is 0 Å². The first-order valence-electron chi connectivity index (χ1n) is 3.25. The van der Waals surface area contributed by atoms with Crippen LogP contribution in [0.1, 0.15) is 13.8 Å². The second-order valence-corrected chi connectivity index (χ2v) is 0.410. The van der Waals surface area contributed by atoms with E-state index in [-0.39, 0.29) is 0 Å². The molecule has 0 aromatic heterocycles. The average Bonchev–Trinajstić information content (AvgIpc) is 2.36. The summed E-state index contributed by atoms with van der Waals surface area (Å²) in [5.74, 6) is 8.47. The van der Waals surface area contributed by atoms with Gasteiger partial charge in [0.1, 0.15) is 0 Å². The zero-order valence-corrected chi connectivity index (χ0v) is 8.62. The predicted molar refractivity (Wildman–Crippen MR) is 58.0 cm³/mol. The van der Waals surface area contributed by atoms with Crippen LogP contribution in [0.5, 0.6) is 0 Å². The summed E-state index contributed by atoms with van der Waals surface area (Å²) >= 11 is 0. The maximum atomic E-state index is 7.21. The Morgan fingerprint density at radius 2 is 1.07 bits per heavy atom. The van der Waals surface area contributed by atoms with Crippen molar-refractivity contribution in [1.29, 1.82) is 5.41 Å². The highest BCUT2D eigenvalue weighted by Gasteiger charge is 1.18. The third-order valence-corrected chi connectivity index (χ3v) is 0.103. The summed E-state index contributed by atoms with van der Waals surface area (Å²) in [6.07, 6.45) is 0. The highest BCUT2D eigenvalue weighted by Crippen LogP contribution is 1.39. The molecule has 0 rings (SSSR count). The van der Waals surface area contributed by atoms with Crippen LogP contribution >= 0.6 is 0 Å². The largest absolute Gasteiger partial charge is 0.333 e. The lowest BCUT2D eigenvalue weighted by Crippen LogP contribution is -1.69. The van der Waals surface area contributed by atoms with Gasteiger partial charge in [0, 0.05) is 0 Å². The van der Waals surface area contributed by atoms with Crippen LogP contribution in [0.15, 0.2) is 10.4 Å². The molecular formula is C4H18N10. The maximum Gasteiger partial charge on any atom is -0.0187 e. The minimum Gasteiger partial charge on any atom is -0.333 e. The minimum atomic E-state index is 1.50. The van der Waals surface area contributed by atoms with E-state index in [0.717, 1.165) is 0 Å². The molecule has 0 atom stereocenters. The monoisotopic (exact) mass is 206 g/mol. The van der Waals surface area contributed by atoms with Crippen molar-refractivity contribution in [2.45, 2.75) is 13.8 Å². The number of rotatable bonds is 0. The van der Waals surface area contributed by atoms with E-state index in [1.807, 2.05) is 13.8 Å². The van der Waals surface area contributed by atoms with Crippen LogP contribution in [0.3, 0.4) is 0 Å². The quantitative estimate of drug-likeness (QED) is 0.115. The Morgan fingerprint density at radius 3 is 1.07 bits per heavy atom. The summed E-state index contributed by atoms with van der Waals surface area (Å²) in [5, 5.41) is 10.3. The van der Waals surface area contributed by atoms with Crippen LogP contribution in [0, 0.1) is 5.41 Å². The summed E-state index contributed by atoms with van der Waals surface area (Å²) < 4.78 is 0. The molecule has 0 fully saturated rings. The van der Waals surface area contributed by atoms with Crippen LogP contribution in [0.25, 0.3) is 20.9 Å². The molecule has 0 saturated carbocycles. The van der Waals surface area contributed by atoms with E-state index < -0.39 is 0 Å². The second-order valence-electron chi connectivity index (χ2n) is 0.410. The summed E-state index contributed by atoms with van der Waals surface area (Å²) in [5.41, 5.74) is 18.9. The van der Waals surface area contributed by atoms with Gasteiger partial charge in [0.25, 0.3) is 0 Å². The van der Waals surface area contributed by atoms with Gasteiger partial charge >= 0.3 is 0 Å². The molecule has 84 valence electrons. The maximum absolute atomic E-state index is 7.21. The molecule has 0 amide bonds. The topological polar surface area (TPSA) is 199 Å². The van der Waals surface area contributed by atoms with Gasteiger partial charge in [-0.25, -0.2) is 0 Å². The van der Waals surface area contributed by atoms with Gasteiger partial charge in [-0.3, -0.25) is 11.7 Å². The van der Waals surface area contributed by atoms with Crippen molar-refractivity contribution in [3.63, 3.8) is 0 Å². The van der Waals surface area contributed by atoms with Gasteiger partial charge in [-0.2, -0.15) is 9.82 Å². The zero-order chi connectivity index (χ0) is 12.8. The molecule has 10 nitrogen and oxygen atoms in total. The number of nitrogens with one attached hydrogen (secondary N) is 1. The van der Waals surface area contributed by atoms with E-state index in [9.17, 15) is 0 Å². The summed E-state index contributed by atoms with van der Waals surface area (Å²) in [6.45, 7) is 6.50. The van der Waals surface area contributed by atoms with Crippen molar-refractivity contribution in [3.8, 4) is 0 Å².